The maximum absolute atomic E-state index is 5.80. The molecule has 1 aliphatic heterocycles. The zero-order valence-corrected chi connectivity index (χ0v) is 13.9. The topological polar surface area (TPSA) is 9.23 Å². The van der Waals surface area contributed by atoms with Gasteiger partial charge in [-0.1, -0.05) is 54.7 Å². The average molecular weight is 286 g/mol. The van der Waals surface area contributed by atoms with E-state index in [4.69, 9.17) is 4.74 Å². The van der Waals surface area contributed by atoms with Crippen LogP contribution in [-0.2, 0) is 4.74 Å². The van der Waals surface area contributed by atoms with Gasteiger partial charge in [-0.2, -0.15) is 0 Å². The highest BCUT2D eigenvalue weighted by atomic mass is 28.3. The molecule has 3 atom stereocenters. The largest absolute Gasteiger partial charge is 0.374 e. The summed E-state index contributed by atoms with van der Waals surface area (Å²) in [7, 11) is -1.32. The fourth-order valence-electron chi connectivity index (χ4n) is 4.02. The molecule has 1 aromatic carbocycles. The van der Waals surface area contributed by atoms with Gasteiger partial charge in [0.05, 0.1) is 14.2 Å². The van der Waals surface area contributed by atoms with E-state index in [1.807, 2.05) is 0 Å². The summed E-state index contributed by atoms with van der Waals surface area (Å²) in [6.07, 6.45) is 5.53. The SMILES string of the molecule is C[C@H]1OCC[C@H]2C[C@H](C[Si](C)(C)c3ccccc3)C=C21. The molecule has 2 aliphatic rings. The number of fused-ring (bicyclic) bond motifs is 1. The van der Waals surface area contributed by atoms with E-state index in [-0.39, 0.29) is 0 Å². The highest BCUT2D eigenvalue weighted by Crippen LogP contribution is 2.41. The molecule has 1 nitrogen and oxygen atoms in total. The van der Waals surface area contributed by atoms with Crippen LogP contribution in [0.2, 0.25) is 19.1 Å². The van der Waals surface area contributed by atoms with Crippen molar-refractivity contribution in [2.75, 3.05) is 6.61 Å². The van der Waals surface area contributed by atoms with Crippen LogP contribution >= 0.6 is 0 Å². The first-order chi connectivity index (χ1) is 9.56. The maximum Gasteiger partial charge on any atom is 0.0812 e. The van der Waals surface area contributed by atoms with Gasteiger partial charge >= 0.3 is 0 Å². The van der Waals surface area contributed by atoms with Crippen molar-refractivity contribution in [1.29, 1.82) is 0 Å². The molecule has 1 aliphatic carbocycles. The standard InChI is InChI=1S/C18H26OSi/c1-14-18-12-15(11-16(18)9-10-19-14)13-20(2,3)17-7-5-4-6-8-17/h4-8,12,14-16H,9-11,13H2,1-3H3/t14-,15+,16+/m1/s1. The van der Waals surface area contributed by atoms with Crippen LogP contribution in [0, 0.1) is 11.8 Å². The third kappa shape index (κ3) is 2.77. The van der Waals surface area contributed by atoms with Crippen molar-refractivity contribution in [3.05, 3.63) is 42.0 Å². The Morgan fingerprint density at radius 2 is 1.95 bits per heavy atom. The van der Waals surface area contributed by atoms with E-state index in [0.29, 0.717) is 6.10 Å². The molecule has 20 heavy (non-hydrogen) atoms. The van der Waals surface area contributed by atoms with Crippen LogP contribution in [0.3, 0.4) is 0 Å². The highest BCUT2D eigenvalue weighted by molar-refractivity contribution is 6.89. The van der Waals surface area contributed by atoms with Crippen molar-refractivity contribution >= 4 is 13.3 Å². The van der Waals surface area contributed by atoms with Gasteiger partial charge in [0.25, 0.3) is 0 Å². The Labute approximate surface area is 124 Å². The van der Waals surface area contributed by atoms with Crippen molar-refractivity contribution in [3.63, 3.8) is 0 Å². The van der Waals surface area contributed by atoms with E-state index in [1.54, 1.807) is 10.8 Å². The number of rotatable bonds is 3. The summed E-state index contributed by atoms with van der Waals surface area (Å²) in [5.74, 6) is 1.59. The molecule has 1 saturated heterocycles. The zero-order valence-electron chi connectivity index (χ0n) is 12.9. The van der Waals surface area contributed by atoms with Crippen molar-refractivity contribution in [3.8, 4) is 0 Å². The van der Waals surface area contributed by atoms with Crippen molar-refractivity contribution in [1.82, 2.24) is 0 Å². The Morgan fingerprint density at radius 3 is 2.65 bits per heavy atom. The van der Waals surface area contributed by atoms with Gasteiger partial charge in [-0.15, -0.1) is 0 Å². The lowest BCUT2D eigenvalue weighted by Crippen LogP contribution is -2.42. The molecule has 0 radical (unpaired) electrons. The summed E-state index contributed by atoms with van der Waals surface area (Å²) in [6.45, 7) is 8.21. The predicted octanol–water partition coefficient (Wildman–Crippen LogP) is 3.97. The van der Waals surface area contributed by atoms with E-state index in [2.05, 4.69) is 56.4 Å². The Bertz CT molecular complexity index is 491. The normalized spacial score (nSPS) is 29.9. The van der Waals surface area contributed by atoms with E-state index in [1.165, 1.54) is 18.9 Å². The molecule has 108 valence electrons. The summed E-state index contributed by atoms with van der Waals surface area (Å²) >= 11 is 0. The summed E-state index contributed by atoms with van der Waals surface area (Å²) in [4.78, 5) is 0. The van der Waals surface area contributed by atoms with Crippen LogP contribution in [0.15, 0.2) is 42.0 Å². The summed E-state index contributed by atoms with van der Waals surface area (Å²) in [6, 6.07) is 12.5. The van der Waals surface area contributed by atoms with Crippen LogP contribution in [-0.4, -0.2) is 20.8 Å². The molecule has 2 heteroatoms. The second kappa shape index (κ2) is 5.49. The van der Waals surface area contributed by atoms with Crippen LogP contribution in [0.5, 0.6) is 0 Å². The lowest BCUT2D eigenvalue weighted by atomic mass is 9.92. The number of hydrogen-bond acceptors (Lipinski definition) is 1. The summed E-state index contributed by atoms with van der Waals surface area (Å²) < 4.78 is 5.80. The molecular weight excluding hydrogens is 260 g/mol. The monoisotopic (exact) mass is 286 g/mol. The first-order valence-corrected chi connectivity index (χ1v) is 11.2. The van der Waals surface area contributed by atoms with Crippen molar-refractivity contribution < 1.29 is 4.74 Å². The van der Waals surface area contributed by atoms with Crippen LogP contribution in [0.25, 0.3) is 0 Å². The van der Waals surface area contributed by atoms with Crippen molar-refractivity contribution in [2.24, 2.45) is 11.8 Å². The van der Waals surface area contributed by atoms with Crippen LogP contribution in [0.1, 0.15) is 19.8 Å². The zero-order chi connectivity index (χ0) is 14.2. The maximum atomic E-state index is 5.80. The molecular formula is C18H26OSi. The van der Waals surface area contributed by atoms with Gasteiger partial charge in [0.2, 0.25) is 0 Å². The average Bonchev–Trinajstić information content (AvgIpc) is 2.83. The first-order valence-electron chi connectivity index (χ1n) is 7.95. The summed E-state index contributed by atoms with van der Waals surface area (Å²) in [5.41, 5.74) is 1.60. The molecule has 1 heterocycles. The van der Waals surface area contributed by atoms with Gasteiger partial charge in [-0.25, -0.2) is 0 Å². The minimum Gasteiger partial charge on any atom is -0.374 e. The minimum absolute atomic E-state index is 0.361. The number of ether oxygens (including phenoxy) is 1. The van der Waals surface area contributed by atoms with E-state index >= 15 is 0 Å². The molecule has 0 spiro atoms. The van der Waals surface area contributed by atoms with Gasteiger partial charge in [0, 0.05) is 6.61 Å². The lowest BCUT2D eigenvalue weighted by Gasteiger charge is -2.28. The predicted molar refractivity (Wildman–Crippen MR) is 88.1 cm³/mol. The summed E-state index contributed by atoms with van der Waals surface area (Å²) in [5, 5.41) is 1.59. The lowest BCUT2D eigenvalue weighted by molar-refractivity contribution is 0.0475. The third-order valence-corrected chi connectivity index (χ3v) is 8.56. The second-order valence-electron chi connectivity index (χ2n) is 7.12. The quantitative estimate of drug-likeness (QED) is 0.603. The van der Waals surface area contributed by atoms with E-state index in [0.717, 1.165) is 18.4 Å². The molecule has 1 fully saturated rings. The molecule has 0 aromatic heterocycles. The Hall–Kier alpha value is -0.863. The number of allylic oxidation sites excluding steroid dienone is 1. The van der Waals surface area contributed by atoms with Crippen LogP contribution in [0.4, 0.5) is 0 Å². The smallest absolute Gasteiger partial charge is 0.0812 e. The molecule has 0 N–H and O–H groups in total. The van der Waals surface area contributed by atoms with Gasteiger partial charge in [0.1, 0.15) is 0 Å². The molecule has 0 amide bonds. The van der Waals surface area contributed by atoms with Crippen molar-refractivity contribution in [2.45, 2.75) is 45.0 Å². The fourth-order valence-corrected chi connectivity index (χ4v) is 6.94. The van der Waals surface area contributed by atoms with Gasteiger partial charge in [0.15, 0.2) is 0 Å². The van der Waals surface area contributed by atoms with E-state index in [9.17, 15) is 0 Å². The molecule has 0 unspecified atom stereocenters. The number of benzene rings is 1. The van der Waals surface area contributed by atoms with Gasteiger partial charge < -0.3 is 4.74 Å². The molecule has 1 aromatic rings. The first kappa shape index (κ1) is 14.1. The van der Waals surface area contributed by atoms with Crippen LogP contribution < -0.4 is 5.19 Å². The highest BCUT2D eigenvalue weighted by Gasteiger charge is 2.36. The van der Waals surface area contributed by atoms with Gasteiger partial charge in [-0.3, -0.25) is 0 Å². The second-order valence-corrected chi connectivity index (χ2v) is 11.9. The van der Waals surface area contributed by atoms with Gasteiger partial charge in [-0.05, 0) is 43.2 Å². The Kier molecular flexibility index (Phi) is 3.87. The molecule has 0 bridgehead atoms. The fraction of sp³-hybridized carbons (Fsp3) is 0.556. The minimum atomic E-state index is -1.32. The molecule has 0 saturated carbocycles. The Morgan fingerprint density at radius 1 is 1.20 bits per heavy atom. The number of hydrogen-bond donors (Lipinski definition) is 0. The van der Waals surface area contributed by atoms with E-state index < -0.39 is 8.07 Å². The molecule has 3 rings (SSSR count). The third-order valence-electron chi connectivity index (χ3n) is 5.12. The Balaban J connectivity index is 1.73.